The molecular formula is C20H18FNO4. The number of nitrogens with zero attached hydrogens (tertiary/aromatic N) is 1. The average molecular weight is 355 g/mol. The third-order valence-corrected chi connectivity index (χ3v) is 4.21. The molecule has 0 radical (unpaired) electrons. The Kier molecular flexibility index (Phi) is 4.86. The number of benzene rings is 2. The molecule has 1 fully saturated rings. The van der Waals surface area contributed by atoms with Crippen molar-refractivity contribution in [3.8, 4) is 0 Å². The van der Waals surface area contributed by atoms with Crippen LogP contribution in [0.15, 0.2) is 60.2 Å². The highest BCUT2D eigenvalue weighted by atomic mass is 19.1. The molecule has 0 unspecified atom stereocenters. The van der Waals surface area contributed by atoms with Crippen LogP contribution in [-0.2, 0) is 9.59 Å². The first-order valence-electron chi connectivity index (χ1n) is 8.17. The van der Waals surface area contributed by atoms with Crippen molar-refractivity contribution >= 4 is 17.4 Å². The number of halogens is 1. The molecular weight excluding hydrogens is 337 g/mol. The van der Waals surface area contributed by atoms with Crippen LogP contribution in [0.25, 0.3) is 5.76 Å². The van der Waals surface area contributed by atoms with Crippen LogP contribution < -0.4 is 0 Å². The highest BCUT2D eigenvalue weighted by molar-refractivity contribution is 6.46. The molecule has 2 atom stereocenters. The average Bonchev–Trinajstić information content (AvgIpc) is 2.86. The van der Waals surface area contributed by atoms with E-state index in [1.165, 1.54) is 25.1 Å². The normalized spacial score (nSPS) is 20.4. The van der Waals surface area contributed by atoms with Crippen LogP contribution >= 0.6 is 0 Å². The van der Waals surface area contributed by atoms with Gasteiger partial charge in [0.15, 0.2) is 0 Å². The van der Waals surface area contributed by atoms with Gasteiger partial charge in [-0.1, -0.05) is 42.5 Å². The summed E-state index contributed by atoms with van der Waals surface area (Å²) in [5, 5.41) is 20.4. The molecule has 5 nitrogen and oxygen atoms in total. The molecule has 1 saturated heterocycles. The molecule has 1 amide bonds. The van der Waals surface area contributed by atoms with Gasteiger partial charge in [-0.25, -0.2) is 4.39 Å². The van der Waals surface area contributed by atoms with Gasteiger partial charge in [0.1, 0.15) is 11.6 Å². The Morgan fingerprint density at radius 2 is 1.85 bits per heavy atom. The maximum absolute atomic E-state index is 13.7. The SMILES string of the molecule is C[C@H](O)CN1C(=O)C(=O)C(=C(O)c2ccccc2)[C@@H]1c1cccc(F)c1. The Morgan fingerprint density at radius 3 is 2.46 bits per heavy atom. The molecule has 0 aromatic heterocycles. The standard InChI is InChI=1S/C20H18FNO4/c1-12(23)11-22-17(14-8-5-9-15(21)10-14)16(19(25)20(22)26)18(24)13-6-3-2-4-7-13/h2-10,12,17,23-24H,11H2,1H3/t12-,17-/m0/s1. The molecule has 1 aliphatic rings. The van der Waals surface area contributed by atoms with Gasteiger partial charge in [-0.15, -0.1) is 0 Å². The van der Waals surface area contributed by atoms with Crippen molar-refractivity contribution in [2.24, 2.45) is 0 Å². The molecule has 0 saturated carbocycles. The fraction of sp³-hybridized carbons (Fsp3) is 0.200. The molecule has 3 rings (SSSR count). The number of hydrogen-bond acceptors (Lipinski definition) is 4. The predicted molar refractivity (Wildman–Crippen MR) is 93.5 cm³/mol. The topological polar surface area (TPSA) is 77.8 Å². The van der Waals surface area contributed by atoms with E-state index in [0.717, 1.165) is 4.90 Å². The molecule has 1 aliphatic heterocycles. The second-order valence-electron chi connectivity index (χ2n) is 6.22. The van der Waals surface area contributed by atoms with E-state index in [9.17, 15) is 24.2 Å². The number of carbonyl (C=O) groups excluding carboxylic acids is 2. The number of ketones is 1. The number of aliphatic hydroxyl groups is 2. The lowest BCUT2D eigenvalue weighted by Gasteiger charge is -2.26. The summed E-state index contributed by atoms with van der Waals surface area (Å²) in [4.78, 5) is 26.2. The monoisotopic (exact) mass is 355 g/mol. The first-order valence-corrected chi connectivity index (χ1v) is 8.17. The molecule has 6 heteroatoms. The molecule has 2 aromatic carbocycles. The minimum absolute atomic E-state index is 0.114. The zero-order valence-corrected chi connectivity index (χ0v) is 14.1. The van der Waals surface area contributed by atoms with Crippen LogP contribution in [0, 0.1) is 5.82 Å². The van der Waals surface area contributed by atoms with E-state index in [-0.39, 0.29) is 17.9 Å². The summed E-state index contributed by atoms with van der Waals surface area (Å²) in [5.74, 6) is -2.55. The highest BCUT2D eigenvalue weighted by Gasteiger charge is 2.46. The third-order valence-electron chi connectivity index (χ3n) is 4.21. The number of carbonyl (C=O) groups is 2. The first-order chi connectivity index (χ1) is 12.4. The Hall–Kier alpha value is -2.99. The summed E-state index contributed by atoms with van der Waals surface area (Å²) in [6.07, 6.45) is -0.888. The molecule has 134 valence electrons. The number of β-amino-alcohol motifs (C(OH)–C–C–N with tert-alkyl or cyclic N) is 1. The number of hydrogen-bond donors (Lipinski definition) is 2. The Morgan fingerprint density at radius 1 is 1.15 bits per heavy atom. The molecule has 2 N–H and O–H groups in total. The fourth-order valence-electron chi connectivity index (χ4n) is 3.13. The van der Waals surface area contributed by atoms with Crippen molar-refractivity contribution < 1.29 is 24.2 Å². The van der Waals surface area contributed by atoms with Crippen LogP contribution in [-0.4, -0.2) is 39.5 Å². The number of Topliss-reactive ketones (excluding diaryl/α,β-unsaturated/α-hetero) is 1. The molecule has 1 heterocycles. The van der Waals surface area contributed by atoms with Crippen LogP contribution in [0.5, 0.6) is 0 Å². The number of likely N-dealkylation sites (tertiary alicyclic amines) is 1. The summed E-state index contributed by atoms with van der Waals surface area (Å²) in [7, 11) is 0. The lowest BCUT2D eigenvalue weighted by Crippen LogP contribution is -2.35. The van der Waals surface area contributed by atoms with E-state index in [2.05, 4.69) is 0 Å². The fourth-order valence-corrected chi connectivity index (χ4v) is 3.13. The lowest BCUT2D eigenvalue weighted by molar-refractivity contribution is -0.140. The van der Waals surface area contributed by atoms with E-state index in [4.69, 9.17) is 0 Å². The summed E-state index contributed by atoms with van der Waals surface area (Å²) >= 11 is 0. The zero-order valence-electron chi connectivity index (χ0n) is 14.1. The van der Waals surface area contributed by atoms with Gasteiger partial charge in [0, 0.05) is 12.1 Å². The van der Waals surface area contributed by atoms with Gasteiger partial charge >= 0.3 is 0 Å². The van der Waals surface area contributed by atoms with Crippen molar-refractivity contribution in [2.45, 2.75) is 19.1 Å². The maximum atomic E-state index is 13.7. The van der Waals surface area contributed by atoms with Crippen LogP contribution in [0.1, 0.15) is 24.1 Å². The second-order valence-corrected chi connectivity index (χ2v) is 6.22. The van der Waals surface area contributed by atoms with Crippen LogP contribution in [0.4, 0.5) is 4.39 Å². The van der Waals surface area contributed by atoms with E-state index < -0.39 is 29.7 Å². The Bertz CT molecular complexity index is 876. The van der Waals surface area contributed by atoms with E-state index in [1.807, 2.05) is 0 Å². The summed E-state index contributed by atoms with van der Waals surface area (Å²) in [5.41, 5.74) is 0.610. The van der Waals surface area contributed by atoms with Crippen LogP contribution in [0.3, 0.4) is 0 Å². The number of aliphatic hydroxyl groups excluding tert-OH is 2. The van der Waals surface area contributed by atoms with Crippen molar-refractivity contribution in [1.82, 2.24) is 4.90 Å². The third kappa shape index (κ3) is 3.23. The summed E-state index contributed by atoms with van der Waals surface area (Å²) in [6.45, 7) is 1.37. The summed E-state index contributed by atoms with van der Waals surface area (Å²) < 4.78 is 13.7. The smallest absolute Gasteiger partial charge is 0.295 e. The lowest BCUT2D eigenvalue weighted by atomic mass is 9.95. The second kappa shape index (κ2) is 7.09. The minimum atomic E-state index is -0.972. The van der Waals surface area contributed by atoms with Gasteiger partial charge in [-0.2, -0.15) is 0 Å². The zero-order chi connectivity index (χ0) is 18.8. The van der Waals surface area contributed by atoms with E-state index in [0.29, 0.717) is 11.1 Å². The predicted octanol–water partition coefficient (Wildman–Crippen LogP) is 2.63. The van der Waals surface area contributed by atoms with E-state index in [1.54, 1.807) is 36.4 Å². The molecule has 0 spiro atoms. The van der Waals surface area contributed by atoms with Gasteiger partial charge in [0.25, 0.3) is 11.7 Å². The van der Waals surface area contributed by atoms with Gasteiger partial charge in [0.05, 0.1) is 17.7 Å². The quantitative estimate of drug-likeness (QED) is 0.502. The molecule has 0 aliphatic carbocycles. The molecule has 0 bridgehead atoms. The molecule has 26 heavy (non-hydrogen) atoms. The Labute approximate surface area is 150 Å². The number of rotatable bonds is 4. The van der Waals surface area contributed by atoms with Crippen molar-refractivity contribution in [3.63, 3.8) is 0 Å². The minimum Gasteiger partial charge on any atom is -0.507 e. The largest absolute Gasteiger partial charge is 0.507 e. The first kappa shape index (κ1) is 17.8. The van der Waals surface area contributed by atoms with Crippen molar-refractivity contribution in [3.05, 3.63) is 77.1 Å². The summed E-state index contributed by atoms with van der Waals surface area (Å²) in [6, 6.07) is 12.9. The van der Waals surface area contributed by atoms with Gasteiger partial charge in [0.2, 0.25) is 0 Å². The Balaban J connectivity index is 2.20. The van der Waals surface area contributed by atoms with Gasteiger partial charge in [-0.05, 0) is 24.6 Å². The van der Waals surface area contributed by atoms with E-state index >= 15 is 0 Å². The maximum Gasteiger partial charge on any atom is 0.295 e. The van der Waals surface area contributed by atoms with Gasteiger partial charge in [-0.3, -0.25) is 9.59 Å². The van der Waals surface area contributed by atoms with Crippen molar-refractivity contribution in [1.29, 1.82) is 0 Å². The highest BCUT2D eigenvalue weighted by Crippen LogP contribution is 2.39. The van der Waals surface area contributed by atoms with Gasteiger partial charge < -0.3 is 15.1 Å². The molecule has 2 aromatic rings. The number of amides is 1. The van der Waals surface area contributed by atoms with Crippen LogP contribution in [0.2, 0.25) is 0 Å². The van der Waals surface area contributed by atoms with Crippen molar-refractivity contribution in [2.75, 3.05) is 6.54 Å².